The van der Waals surface area contributed by atoms with E-state index < -0.39 is 0 Å². The summed E-state index contributed by atoms with van der Waals surface area (Å²) in [5.41, 5.74) is 7.95. The van der Waals surface area contributed by atoms with Crippen LogP contribution in [0.1, 0.15) is 5.69 Å². The van der Waals surface area contributed by atoms with Crippen molar-refractivity contribution in [2.24, 2.45) is 5.73 Å². The summed E-state index contributed by atoms with van der Waals surface area (Å²) in [5.74, 6) is 0. The number of hydrogen-bond donors (Lipinski definition) is 1. The molecule has 0 radical (unpaired) electrons. The lowest BCUT2D eigenvalue weighted by Crippen LogP contribution is -2.00. The second kappa shape index (κ2) is 3.93. The Hall–Kier alpha value is -1.81. The molecule has 2 heterocycles. The number of rotatable bonds is 2. The molecule has 70 valence electrons. The maximum Gasteiger partial charge on any atom is 0.116 e. The van der Waals surface area contributed by atoms with E-state index in [9.17, 15) is 0 Å². The fourth-order valence-corrected chi connectivity index (χ4v) is 1.16. The van der Waals surface area contributed by atoms with Crippen molar-refractivity contribution in [3.05, 3.63) is 42.5 Å². The van der Waals surface area contributed by atoms with Crippen molar-refractivity contribution in [1.29, 1.82) is 0 Å². The minimum Gasteiger partial charge on any atom is -0.325 e. The number of pyridine rings is 1. The van der Waals surface area contributed by atoms with Gasteiger partial charge in [0.25, 0.3) is 0 Å². The monoisotopic (exact) mass is 186 g/mol. The van der Waals surface area contributed by atoms with Crippen LogP contribution >= 0.6 is 0 Å². The van der Waals surface area contributed by atoms with Crippen LogP contribution in [0, 0.1) is 0 Å². The van der Waals surface area contributed by atoms with Gasteiger partial charge in [0.05, 0.1) is 17.1 Å². The minimum absolute atomic E-state index is 0.419. The quantitative estimate of drug-likeness (QED) is 0.759. The molecule has 4 heteroatoms. The van der Waals surface area contributed by atoms with E-state index in [-0.39, 0.29) is 0 Å². The van der Waals surface area contributed by atoms with E-state index in [1.807, 2.05) is 24.3 Å². The van der Waals surface area contributed by atoms with E-state index in [1.54, 1.807) is 6.20 Å². The normalized spacial score (nSPS) is 10.1. The molecule has 0 fully saturated rings. The standard InChI is InChI=1S/C10H10N4/c11-6-8-5-10(14-7-13-8)9-3-1-2-4-12-9/h1-5,7H,6,11H2. The first-order valence-electron chi connectivity index (χ1n) is 4.32. The van der Waals surface area contributed by atoms with Gasteiger partial charge in [-0.05, 0) is 18.2 Å². The number of nitrogens with zero attached hydrogens (tertiary/aromatic N) is 3. The molecule has 14 heavy (non-hydrogen) atoms. The van der Waals surface area contributed by atoms with Crippen molar-refractivity contribution in [3.63, 3.8) is 0 Å². The Kier molecular flexibility index (Phi) is 2.46. The number of hydrogen-bond acceptors (Lipinski definition) is 4. The third-order valence-corrected chi connectivity index (χ3v) is 1.86. The summed E-state index contributed by atoms with van der Waals surface area (Å²) in [5, 5.41) is 0. The molecular formula is C10H10N4. The summed E-state index contributed by atoms with van der Waals surface area (Å²) in [6.45, 7) is 0.419. The van der Waals surface area contributed by atoms with Crippen LogP contribution in [0.25, 0.3) is 11.4 Å². The molecule has 0 aliphatic heterocycles. The first kappa shape index (κ1) is 8.77. The van der Waals surface area contributed by atoms with Crippen molar-refractivity contribution in [3.8, 4) is 11.4 Å². The van der Waals surface area contributed by atoms with Crippen LogP contribution in [0.4, 0.5) is 0 Å². The maximum absolute atomic E-state index is 5.49. The second-order valence-corrected chi connectivity index (χ2v) is 2.81. The van der Waals surface area contributed by atoms with Crippen LogP contribution in [0.2, 0.25) is 0 Å². The van der Waals surface area contributed by atoms with Gasteiger partial charge in [-0.15, -0.1) is 0 Å². The SMILES string of the molecule is NCc1cc(-c2ccccn2)ncn1. The predicted octanol–water partition coefficient (Wildman–Crippen LogP) is 0.997. The van der Waals surface area contributed by atoms with E-state index in [4.69, 9.17) is 5.73 Å². The van der Waals surface area contributed by atoms with E-state index in [1.165, 1.54) is 6.33 Å². The fraction of sp³-hybridized carbons (Fsp3) is 0.100. The lowest BCUT2D eigenvalue weighted by Gasteiger charge is -2.00. The van der Waals surface area contributed by atoms with Crippen molar-refractivity contribution < 1.29 is 0 Å². The van der Waals surface area contributed by atoms with Crippen molar-refractivity contribution in [2.75, 3.05) is 0 Å². The Balaban J connectivity index is 2.42. The Bertz CT molecular complexity index is 413. The second-order valence-electron chi connectivity index (χ2n) is 2.81. The number of nitrogens with two attached hydrogens (primary N) is 1. The van der Waals surface area contributed by atoms with Crippen molar-refractivity contribution in [1.82, 2.24) is 15.0 Å². The molecule has 0 aliphatic carbocycles. The topological polar surface area (TPSA) is 64.7 Å². The summed E-state index contributed by atoms with van der Waals surface area (Å²) in [4.78, 5) is 12.3. The average Bonchev–Trinajstić information content (AvgIpc) is 2.30. The highest BCUT2D eigenvalue weighted by atomic mass is 14.9. The molecule has 0 aromatic carbocycles. The zero-order valence-corrected chi connectivity index (χ0v) is 7.59. The highest BCUT2D eigenvalue weighted by Crippen LogP contribution is 2.12. The molecule has 2 N–H and O–H groups in total. The van der Waals surface area contributed by atoms with Gasteiger partial charge in [-0.25, -0.2) is 9.97 Å². The van der Waals surface area contributed by atoms with Gasteiger partial charge in [-0.2, -0.15) is 0 Å². The van der Waals surface area contributed by atoms with Gasteiger partial charge in [-0.1, -0.05) is 6.07 Å². The van der Waals surface area contributed by atoms with Crippen LogP contribution in [-0.2, 0) is 6.54 Å². The molecule has 2 aromatic rings. The first-order chi connectivity index (χ1) is 6.90. The number of aromatic nitrogens is 3. The third kappa shape index (κ3) is 1.75. The highest BCUT2D eigenvalue weighted by Gasteiger charge is 2.00. The summed E-state index contributed by atoms with van der Waals surface area (Å²) in [7, 11) is 0. The molecule has 0 spiro atoms. The summed E-state index contributed by atoms with van der Waals surface area (Å²) in [6.07, 6.45) is 3.24. The molecule has 0 saturated carbocycles. The zero-order valence-electron chi connectivity index (χ0n) is 7.59. The van der Waals surface area contributed by atoms with Crippen LogP contribution in [0.15, 0.2) is 36.8 Å². The lowest BCUT2D eigenvalue weighted by atomic mass is 10.2. The van der Waals surface area contributed by atoms with E-state index in [0.717, 1.165) is 17.1 Å². The molecule has 2 aromatic heterocycles. The Morgan fingerprint density at radius 1 is 1.07 bits per heavy atom. The molecule has 4 nitrogen and oxygen atoms in total. The molecule has 0 unspecified atom stereocenters. The molecule has 0 amide bonds. The summed E-state index contributed by atoms with van der Waals surface area (Å²) in [6, 6.07) is 7.55. The van der Waals surface area contributed by atoms with E-state index in [0.29, 0.717) is 6.54 Å². The molecule has 0 bridgehead atoms. The average molecular weight is 186 g/mol. The van der Waals surface area contributed by atoms with Crippen LogP contribution in [-0.4, -0.2) is 15.0 Å². The first-order valence-corrected chi connectivity index (χ1v) is 4.32. The van der Waals surface area contributed by atoms with Gasteiger partial charge in [-0.3, -0.25) is 4.98 Å². The zero-order chi connectivity index (χ0) is 9.80. The third-order valence-electron chi connectivity index (χ3n) is 1.86. The van der Waals surface area contributed by atoms with Crippen LogP contribution in [0.3, 0.4) is 0 Å². The van der Waals surface area contributed by atoms with Crippen molar-refractivity contribution >= 4 is 0 Å². The van der Waals surface area contributed by atoms with Gasteiger partial charge in [0.15, 0.2) is 0 Å². The predicted molar refractivity (Wildman–Crippen MR) is 53.2 cm³/mol. The van der Waals surface area contributed by atoms with Crippen LogP contribution < -0.4 is 5.73 Å². The smallest absolute Gasteiger partial charge is 0.116 e. The summed E-state index contributed by atoms with van der Waals surface area (Å²) < 4.78 is 0. The maximum atomic E-state index is 5.49. The molecule has 0 atom stereocenters. The summed E-state index contributed by atoms with van der Waals surface area (Å²) >= 11 is 0. The highest BCUT2D eigenvalue weighted by molar-refractivity contribution is 5.53. The minimum atomic E-state index is 0.419. The fourth-order valence-electron chi connectivity index (χ4n) is 1.16. The van der Waals surface area contributed by atoms with Gasteiger partial charge in [0.2, 0.25) is 0 Å². The van der Waals surface area contributed by atoms with Gasteiger partial charge >= 0.3 is 0 Å². The Morgan fingerprint density at radius 2 is 2.00 bits per heavy atom. The molecular weight excluding hydrogens is 176 g/mol. The van der Waals surface area contributed by atoms with Gasteiger partial charge in [0, 0.05) is 12.7 Å². The lowest BCUT2D eigenvalue weighted by molar-refractivity contribution is 0.964. The van der Waals surface area contributed by atoms with Crippen molar-refractivity contribution in [2.45, 2.75) is 6.54 Å². The van der Waals surface area contributed by atoms with Gasteiger partial charge in [0.1, 0.15) is 6.33 Å². The largest absolute Gasteiger partial charge is 0.325 e. The Labute approximate surface area is 81.9 Å². The van der Waals surface area contributed by atoms with Gasteiger partial charge < -0.3 is 5.73 Å². The molecule has 0 aliphatic rings. The van der Waals surface area contributed by atoms with Crippen LogP contribution in [0.5, 0.6) is 0 Å². The Morgan fingerprint density at radius 3 is 2.71 bits per heavy atom. The van der Waals surface area contributed by atoms with E-state index >= 15 is 0 Å². The molecule has 0 saturated heterocycles. The van der Waals surface area contributed by atoms with E-state index in [2.05, 4.69) is 15.0 Å². The molecule has 2 rings (SSSR count).